The van der Waals surface area contributed by atoms with Crippen LogP contribution in [0.3, 0.4) is 0 Å². The summed E-state index contributed by atoms with van der Waals surface area (Å²) in [4.78, 5) is 16.7. The summed E-state index contributed by atoms with van der Waals surface area (Å²) in [7, 11) is 0. The van der Waals surface area contributed by atoms with Gasteiger partial charge in [-0.2, -0.15) is 0 Å². The van der Waals surface area contributed by atoms with E-state index in [9.17, 15) is 10.1 Å². The first-order valence-electron chi connectivity index (χ1n) is 11.9. The fourth-order valence-electron chi connectivity index (χ4n) is 4.64. The molecule has 35 heavy (non-hydrogen) atoms. The molecule has 12 heteroatoms. The van der Waals surface area contributed by atoms with Gasteiger partial charge in [-0.1, -0.05) is 24.3 Å². The lowest BCUT2D eigenvalue weighted by atomic mass is 10.0. The molecule has 0 bridgehead atoms. The van der Waals surface area contributed by atoms with Crippen molar-refractivity contribution < 1.29 is 14.4 Å². The van der Waals surface area contributed by atoms with Gasteiger partial charge in [-0.25, -0.2) is 4.68 Å². The van der Waals surface area contributed by atoms with E-state index in [1.54, 1.807) is 4.57 Å². The van der Waals surface area contributed by atoms with Crippen molar-refractivity contribution in [3.63, 3.8) is 0 Å². The maximum Gasteiger partial charge on any atom is 0.414 e. The number of nitro groups is 1. The highest BCUT2D eigenvalue weighted by molar-refractivity contribution is 5.29. The second kappa shape index (κ2) is 9.34. The van der Waals surface area contributed by atoms with Crippen molar-refractivity contribution in [3.05, 3.63) is 57.5 Å². The third-order valence-corrected chi connectivity index (χ3v) is 6.37. The van der Waals surface area contributed by atoms with Crippen LogP contribution in [-0.4, -0.2) is 65.4 Å². The molecule has 5 rings (SSSR count). The molecule has 186 valence electrons. The van der Waals surface area contributed by atoms with Crippen LogP contribution < -0.4 is 4.74 Å². The van der Waals surface area contributed by atoms with Gasteiger partial charge in [0.15, 0.2) is 5.82 Å². The summed E-state index contributed by atoms with van der Waals surface area (Å²) >= 11 is 0. The molecule has 1 fully saturated rings. The van der Waals surface area contributed by atoms with Crippen LogP contribution >= 0.6 is 0 Å². The molecule has 2 aromatic heterocycles. The molecule has 2 atom stereocenters. The van der Waals surface area contributed by atoms with Crippen LogP contribution in [0.15, 0.2) is 30.5 Å². The van der Waals surface area contributed by atoms with Gasteiger partial charge < -0.3 is 19.6 Å². The zero-order chi connectivity index (χ0) is 24.6. The predicted molar refractivity (Wildman–Crippen MR) is 125 cm³/mol. The Morgan fingerprint density at radius 1 is 1.23 bits per heavy atom. The third-order valence-electron chi connectivity index (χ3n) is 6.37. The minimum Gasteiger partial charge on any atom is -0.443 e. The average molecular weight is 483 g/mol. The van der Waals surface area contributed by atoms with Gasteiger partial charge in [-0.3, -0.25) is 9.47 Å². The number of ether oxygens (including phenoxy) is 2. The molecule has 0 N–H and O–H groups in total. The van der Waals surface area contributed by atoms with Gasteiger partial charge in [0.05, 0.1) is 24.7 Å². The van der Waals surface area contributed by atoms with Crippen molar-refractivity contribution in [1.82, 2.24) is 34.7 Å². The Morgan fingerprint density at radius 2 is 1.97 bits per heavy atom. The lowest BCUT2D eigenvalue weighted by molar-refractivity contribution is -0.389. The lowest BCUT2D eigenvalue weighted by Gasteiger charge is -2.30. The molecule has 0 aliphatic carbocycles. The number of tetrazole rings is 1. The minimum atomic E-state index is -0.526. The van der Waals surface area contributed by atoms with E-state index in [0.29, 0.717) is 19.8 Å². The van der Waals surface area contributed by atoms with Crippen LogP contribution in [0.4, 0.5) is 5.82 Å². The van der Waals surface area contributed by atoms with Gasteiger partial charge >= 0.3 is 11.8 Å². The van der Waals surface area contributed by atoms with Crippen molar-refractivity contribution in [2.45, 2.75) is 64.4 Å². The lowest BCUT2D eigenvalue weighted by Crippen LogP contribution is -2.33. The first-order valence-corrected chi connectivity index (χ1v) is 11.9. The molecular weight excluding hydrogens is 452 g/mol. The topological polar surface area (TPSA) is 126 Å². The first kappa shape index (κ1) is 23.4. The van der Waals surface area contributed by atoms with Crippen LogP contribution in [0.2, 0.25) is 0 Å². The average Bonchev–Trinajstić information content (AvgIpc) is 3.59. The smallest absolute Gasteiger partial charge is 0.414 e. The molecule has 0 spiro atoms. The summed E-state index contributed by atoms with van der Waals surface area (Å²) in [6.07, 6.45) is 3.50. The SMILES string of the molecule is CC(C)(C)n1nnnc1C(c1ccc(CO[C@@H]2COc3nc([N+](=O)[O-])cn3C2)cc1)N1CCCC1. The molecule has 2 aliphatic heterocycles. The van der Waals surface area contributed by atoms with Crippen molar-refractivity contribution in [1.29, 1.82) is 0 Å². The number of hydrogen-bond acceptors (Lipinski definition) is 9. The second-order valence-corrected chi connectivity index (χ2v) is 10.0. The predicted octanol–water partition coefficient (Wildman–Crippen LogP) is 2.70. The normalized spacial score (nSPS) is 19.3. The summed E-state index contributed by atoms with van der Waals surface area (Å²) in [5, 5.41) is 23.6. The van der Waals surface area contributed by atoms with Crippen LogP contribution in [0, 0.1) is 10.1 Å². The van der Waals surface area contributed by atoms with E-state index in [1.165, 1.54) is 19.0 Å². The number of imidazole rings is 1. The molecule has 3 aromatic rings. The van der Waals surface area contributed by atoms with Crippen LogP contribution in [-0.2, 0) is 23.4 Å². The molecule has 1 aromatic carbocycles. The number of nitrogens with zero attached hydrogens (tertiary/aromatic N) is 8. The van der Waals surface area contributed by atoms with Crippen molar-refractivity contribution in [2.24, 2.45) is 0 Å². The summed E-state index contributed by atoms with van der Waals surface area (Å²) in [5.74, 6) is 0.634. The number of hydrogen-bond donors (Lipinski definition) is 0. The van der Waals surface area contributed by atoms with Gasteiger partial charge in [-0.15, -0.1) is 5.10 Å². The zero-order valence-corrected chi connectivity index (χ0v) is 20.2. The molecule has 1 saturated heterocycles. The maximum absolute atomic E-state index is 10.9. The molecule has 4 heterocycles. The Balaban J connectivity index is 1.28. The van der Waals surface area contributed by atoms with E-state index < -0.39 is 4.92 Å². The monoisotopic (exact) mass is 482 g/mol. The Kier molecular flexibility index (Phi) is 6.24. The highest BCUT2D eigenvalue weighted by atomic mass is 16.6. The first-order chi connectivity index (χ1) is 16.8. The van der Waals surface area contributed by atoms with E-state index in [-0.39, 0.29) is 29.5 Å². The van der Waals surface area contributed by atoms with Gasteiger partial charge in [-0.05, 0) is 73.2 Å². The number of rotatable bonds is 7. The summed E-state index contributed by atoms with van der Waals surface area (Å²) < 4.78 is 15.1. The summed E-state index contributed by atoms with van der Waals surface area (Å²) in [6.45, 7) is 9.52. The maximum atomic E-state index is 10.9. The van der Waals surface area contributed by atoms with Gasteiger partial charge in [0.25, 0.3) is 0 Å². The Morgan fingerprint density at radius 3 is 2.66 bits per heavy atom. The molecular formula is C23H30N8O4. The Hall–Kier alpha value is -3.38. The van der Waals surface area contributed by atoms with Gasteiger partial charge in [0, 0.05) is 4.98 Å². The van der Waals surface area contributed by atoms with Crippen LogP contribution in [0.25, 0.3) is 0 Å². The Labute approximate surface area is 203 Å². The molecule has 0 saturated carbocycles. The highest BCUT2D eigenvalue weighted by Gasteiger charge is 2.33. The molecule has 1 unspecified atom stereocenters. The van der Waals surface area contributed by atoms with Gasteiger partial charge in [0.1, 0.15) is 18.9 Å². The third kappa shape index (κ3) is 4.89. The number of fused-ring (bicyclic) bond motifs is 1. The second-order valence-electron chi connectivity index (χ2n) is 10.0. The van der Waals surface area contributed by atoms with Crippen LogP contribution in [0.1, 0.15) is 56.6 Å². The number of likely N-dealkylation sites (tertiary alicyclic amines) is 1. The van der Waals surface area contributed by atoms with E-state index in [2.05, 4.69) is 70.4 Å². The molecule has 12 nitrogen and oxygen atoms in total. The highest BCUT2D eigenvalue weighted by Crippen LogP contribution is 2.32. The number of aromatic nitrogens is 6. The molecule has 0 radical (unpaired) electrons. The van der Waals surface area contributed by atoms with Crippen LogP contribution in [0.5, 0.6) is 6.01 Å². The van der Waals surface area contributed by atoms with Gasteiger partial charge in [0.2, 0.25) is 0 Å². The summed E-state index contributed by atoms with van der Waals surface area (Å²) in [6, 6.07) is 8.63. The molecule has 0 amide bonds. The van der Waals surface area contributed by atoms with E-state index >= 15 is 0 Å². The van der Waals surface area contributed by atoms with Crippen molar-refractivity contribution >= 4 is 5.82 Å². The number of benzene rings is 1. The van der Waals surface area contributed by atoms with E-state index in [0.717, 1.165) is 30.0 Å². The minimum absolute atomic E-state index is 0.0103. The standard InChI is InChI=1S/C23H30N8O4/c1-23(2,3)30-21(25-26-27-30)20(28-10-4-5-11-28)17-8-6-16(7-9-17)14-34-18-12-29-13-19(31(32)33)24-22(29)35-15-18/h6-9,13,18,20H,4-5,10-12,14-15H2,1-3H3/t18-,20?/m0/s1. The Bertz CT molecular complexity index is 1180. The van der Waals surface area contributed by atoms with Crippen molar-refractivity contribution in [3.8, 4) is 6.01 Å². The molecule has 2 aliphatic rings. The van der Waals surface area contributed by atoms with E-state index in [4.69, 9.17) is 9.47 Å². The quantitative estimate of drug-likeness (QED) is 0.369. The largest absolute Gasteiger partial charge is 0.443 e. The zero-order valence-electron chi connectivity index (χ0n) is 20.2. The van der Waals surface area contributed by atoms with E-state index in [1.807, 2.05) is 4.68 Å². The summed E-state index contributed by atoms with van der Waals surface area (Å²) in [5.41, 5.74) is 1.96. The van der Waals surface area contributed by atoms with Crippen molar-refractivity contribution in [2.75, 3.05) is 19.7 Å². The fraction of sp³-hybridized carbons (Fsp3) is 0.565. The fourth-order valence-corrected chi connectivity index (χ4v) is 4.64.